The van der Waals surface area contributed by atoms with Gasteiger partial charge in [0.2, 0.25) is 5.91 Å². The Morgan fingerprint density at radius 3 is 2.26 bits per heavy atom. The van der Waals surface area contributed by atoms with Gasteiger partial charge < -0.3 is 4.74 Å². The predicted octanol–water partition coefficient (Wildman–Crippen LogP) is 2.58. The number of anilines is 1. The Balaban J connectivity index is 1.37. The fourth-order valence-electron chi connectivity index (χ4n) is 4.12. The van der Waals surface area contributed by atoms with Crippen LogP contribution in [0.25, 0.3) is 0 Å². The van der Waals surface area contributed by atoms with Crippen LogP contribution in [0, 0.1) is 0 Å². The van der Waals surface area contributed by atoms with Crippen molar-refractivity contribution in [3.05, 3.63) is 64.7 Å². The molecule has 2 fully saturated rings. The van der Waals surface area contributed by atoms with Crippen molar-refractivity contribution < 1.29 is 19.1 Å². The van der Waals surface area contributed by atoms with Crippen molar-refractivity contribution >= 4 is 35.1 Å². The Morgan fingerprint density at radius 1 is 1.00 bits per heavy atom. The van der Waals surface area contributed by atoms with E-state index in [0.717, 1.165) is 37.7 Å². The smallest absolute Gasteiger partial charge is 0.337 e. The highest BCUT2D eigenvalue weighted by Gasteiger charge is 2.43. The zero-order chi connectivity index (χ0) is 22.0. The Hall–Kier alpha value is -2.74. The molecule has 2 amide bonds. The summed E-state index contributed by atoms with van der Waals surface area (Å²) in [4.78, 5) is 42.9. The zero-order valence-corrected chi connectivity index (χ0v) is 18.0. The molecule has 0 aliphatic carbocycles. The highest BCUT2D eigenvalue weighted by Crippen LogP contribution is 2.27. The number of amides is 2. The number of esters is 1. The number of methoxy groups -OCH3 is 1. The molecule has 0 saturated carbocycles. The molecule has 4 rings (SSSR count). The summed E-state index contributed by atoms with van der Waals surface area (Å²) in [6, 6.07) is 13.7. The standard InChI is InChI=1S/C23H24ClN3O4/c1-31-23(30)17-4-8-19(9-5-17)27-21(28)14-20(22(27)29)26-12-10-25(11-13-26)15-16-2-6-18(24)7-3-16/h2-9,20H,10-15H2,1H3/t20-/m0/s1. The van der Waals surface area contributed by atoms with Crippen molar-refractivity contribution in [3.8, 4) is 0 Å². The monoisotopic (exact) mass is 441 g/mol. The summed E-state index contributed by atoms with van der Waals surface area (Å²) < 4.78 is 4.69. The first-order valence-electron chi connectivity index (χ1n) is 10.2. The Morgan fingerprint density at radius 2 is 1.65 bits per heavy atom. The van der Waals surface area contributed by atoms with Crippen LogP contribution in [0.3, 0.4) is 0 Å². The summed E-state index contributed by atoms with van der Waals surface area (Å²) in [5.41, 5.74) is 2.05. The summed E-state index contributed by atoms with van der Waals surface area (Å²) in [6.45, 7) is 3.95. The van der Waals surface area contributed by atoms with Crippen LogP contribution in [-0.2, 0) is 20.9 Å². The lowest BCUT2D eigenvalue weighted by molar-refractivity contribution is -0.123. The van der Waals surface area contributed by atoms with E-state index >= 15 is 0 Å². The molecule has 31 heavy (non-hydrogen) atoms. The molecule has 1 atom stereocenters. The number of carbonyl (C=O) groups excluding carboxylic acids is 3. The Labute approximate surface area is 186 Å². The maximum absolute atomic E-state index is 13.0. The number of halogens is 1. The minimum atomic E-state index is -0.458. The number of ether oxygens (including phenoxy) is 1. The van der Waals surface area contributed by atoms with Gasteiger partial charge in [0.15, 0.2) is 0 Å². The molecule has 8 heteroatoms. The fourth-order valence-corrected chi connectivity index (χ4v) is 4.24. The first-order valence-corrected chi connectivity index (χ1v) is 10.6. The molecule has 2 aliphatic heterocycles. The second kappa shape index (κ2) is 9.18. The lowest BCUT2D eigenvalue weighted by Crippen LogP contribution is -2.52. The van der Waals surface area contributed by atoms with Gasteiger partial charge in [0.1, 0.15) is 0 Å². The molecule has 2 aromatic rings. The average molecular weight is 442 g/mol. The van der Waals surface area contributed by atoms with Crippen LogP contribution in [0.5, 0.6) is 0 Å². The third kappa shape index (κ3) is 4.63. The van der Waals surface area contributed by atoms with Crippen molar-refractivity contribution in [2.24, 2.45) is 0 Å². The maximum Gasteiger partial charge on any atom is 0.337 e. The molecule has 0 unspecified atom stereocenters. The molecule has 0 spiro atoms. The van der Waals surface area contributed by atoms with E-state index in [1.54, 1.807) is 24.3 Å². The van der Waals surface area contributed by atoms with E-state index in [0.29, 0.717) is 11.3 Å². The molecule has 0 N–H and O–H groups in total. The molecule has 162 valence electrons. The van der Waals surface area contributed by atoms with Crippen LogP contribution in [0.15, 0.2) is 48.5 Å². The Bertz CT molecular complexity index is 969. The fraction of sp³-hybridized carbons (Fsp3) is 0.348. The average Bonchev–Trinajstić information content (AvgIpc) is 3.09. The second-order valence-electron chi connectivity index (χ2n) is 7.76. The second-order valence-corrected chi connectivity index (χ2v) is 8.20. The van der Waals surface area contributed by atoms with E-state index in [1.807, 2.05) is 24.3 Å². The van der Waals surface area contributed by atoms with Gasteiger partial charge in [0.05, 0.1) is 30.8 Å². The summed E-state index contributed by atoms with van der Waals surface area (Å²) in [5, 5.41) is 0.725. The minimum absolute atomic E-state index is 0.175. The van der Waals surface area contributed by atoms with Crippen LogP contribution >= 0.6 is 11.6 Å². The van der Waals surface area contributed by atoms with E-state index < -0.39 is 12.0 Å². The van der Waals surface area contributed by atoms with Crippen LogP contribution in [-0.4, -0.2) is 66.9 Å². The molecule has 0 bridgehead atoms. The largest absolute Gasteiger partial charge is 0.465 e. The quantitative estimate of drug-likeness (QED) is 0.524. The highest BCUT2D eigenvalue weighted by molar-refractivity contribution is 6.30. The molecular weight excluding hydrogens is 418 g/mol. The number of hydrogen-bond acceptors (Lipinski definition) is 6. The first-order chi connectivity index (χ1) is 15.0. The van der Waals surface area contributed by atoms with E-state index in [4.69, 9.17) is 11.6 Å². The summed E-state index contributed by atoms with van der Waals surface area (Å²) in [5.74, 6) is -0.883. The Kier molecular flexibility index (Phi) is 6.36. The third-order valence-corrected chi connectivity index (χ3v) is 6.09. The van der Waals surface area contributed by atoms with Gasteiger partial charge in [-0.3, -0.25) is 19.4 Å². The molecule has 2 aromatic carbocycles. The number of piperazine rings is 1. The highest BCUT2D eigenvalue weighted by atomic mass is 35.5. The molecule has 0 radical (unpaired) electrons. The van der Waals surface area contributed by atoms with Gasteiger partial charge in [-0.05, 0) is 42.0 Å². The number of rotatable bonds is 5. The van der Waals surface area contributed by atoms with E-state index in [-0.39, 0.29) is 18.2 Å². The predicted molar refractivity (Wildman–Crippen MR) is 117 cm³/mol. The van der Waals surface area contributed by atoms with Crippen molar-refractivity contribution in [2.75, 3.05) is 38.2 Å². The first kappa shape index (κ1) is 21.5. The molecule has 2 heterocycles. The van der Waals surface area contributed by atoms with Gasteiger partial charge in [0.25, 0.3) is 5.91 Å². The van der Waals surface area contributed by atoms with Gasteiger partial charge in [0, 0.05) is 37.7 Å². The number of nitrogens with zero attached hydrogens (tertiary/aromatic N) is 3. The van der Waals surface area contributed by atoms with Crippen molar-refractivity contribution in [2.45, 2.75) is 19.0 Å². The minimum Gasteiger partial charge on any atom is -0.465 e. The van der Waals surface area contributed by atoms with Crippen LogP contribution < -0.4 is 4.90 Å². The molecule has 0 aromatic heterocycles. The van der Waals surface area contributed by atoms with Gasteiger partial charge >= 0.3 is 5.97 Å². The summed E-state index contributed by atoms with van der Waals surface area (Å²) >= 11 is 5.95. The third-order valence-electron chi connectivity index (χ3n) is 5.84. The van der Waals surface area contributed by atoms with E-state index in [2.05, 4.69) is 14.5 Å². The molecular formula is C23H24ClN3O4. The SMILES string of the molecule is COC(=O)c1ccc(N2C(=O)C[C@H](N3CCN(Cc4ccc(Cl)cc4)CC3)C2=O)cc1. The van der Waals surface area contributed by atoms with E-state index in [1.165, 1.54) is 17.6 Å². The van der Waals surface area contributed by atoms with Crippen LogP contribution in [0.2, 0.25) is 5.02 Å². The molecule has 7 nitrogen and oxygen atoms in total. The van der Waals surface area contributed by atoms with E-state index in [9.17, 15) is 14.4 Å². The topological polar surface area (TPSA) is 70.2 Å². The molecule has 2 aliphatic rings. The zero-order valence-electron chi connectivity index (χ0n) is 17.3. The summed E-state index contributed by atoms with van der Waals surface area (Å²) in [7, 11) is 1.31. The lowest BCUT2D eigenvalue weighted by Gasteiger charge is -2.37. The van der Waals surface area contributed by atoms with Crippen molar-refractivity contribution in [3.63, 3.8) is 0 Å². The molecule has 2 saturated heterocycles. The van der Waals surface area contributed by atoms with Gasteiger partial charge in [-0.15, -0.1) is 0 Å². The number of benzene rings is 2. The normalized spacial score (nSPS) is 20.3. The van der Waals surface area contributed by atoms with Crippen molar-refractivity contribution in [1.29, 1.82) is 0 Å². The van der Waals surface area contributed by atoms with Gasteiger partial charge in [-0.25, -0.2) is 9.69 Å². The lowest BCUT2D eigenvalue weighted by atomic mass is 10.1. The number of hydrogen-bond donors (Lipinski definition) is 0. The summed E-state index contributed by atoms with van der Waals surface area (Å²) in [6.07, 6.45) is 0.175. The van der Waals surface area contributed by atoms with Crippen LogP contribution in [0.4, 0.5) is 5.69 Å². The maximum atomic E-state index is 13.0. The number of imide groups is 1. The van der Waals surface area contributed by atoms with Gasteiger partial charge in [-0.1, -0.05) is 23.7 Å². The number of carbonyl (C=O) groups is 3. The van der Waals surface area contributed by atoms with Gasteiger partial charge in [-0.2, -0.15) is 0 Å². The van der Waals surface area contributed by atoms with Crippen molar-refractivity contribution in [1.82, 2.24) is 9.80 Å². The van der Waals surface area contributed by atoms with Crippen LogP contribution in [0.1, 0.15) is 22.3 Å².